The maximum absolute atomic E-state index is 13.0. The van der Waals surface area contributed by atoms with E-state index in [2.05, 4.69) is 10.6 Å². The van der Waals surface area contributed by atoms with Crippen molar-refractivity contribution in [2.75, 3.05) is 19.0 Å². The van der Waals surface area contributed by atoms with E-state index in [0.29, 0.717) is 13.0 Å². The molecule has 2 rings (SSSR count). The summed E-state index contributed by atoms with van der Waals surface area (Å²) in [6.45, 7) is 2.36. The number of hydrogen-bond acceptors (Lipinski definition) is 3. The van der Waals surface area contributed by atoms with Gasteiger partial charge in [-0.25, -0.2) is 0 Å². The van der Waals surface area contributed by atoms with Crippen molar-refractivity contribution in [3.8, 4) is 0 Å². The normalized spacial score (nSPS) is 22.1. The number of carbonyl (C=O) groups is 1. The molecule has 0 bridgehead atoms. The molecular formula is C14H17F3N2O2. The van der Waals surface area contributed by atoms with Crippen LogP contribution in [0.1, 0.15) is 29.3 Å². The molecule has 0 radical (unpaired) electrons. The van der Waals surface area contributed by atoms with Crippen molar-refractivity contribution in [2.45, 2.75) is 31.7 Å². The van der Waals surface area contributed by atoms with E-state index in [1.807, 2.05) is 6.92 Å². The molecular weight excluding hydrogens is 285 g/mol. The highest BCUT2D eigenvalue weighted by molar-refractivity contribution is 6.00. The van der Waals surface area contributed by atoms with Crippen LogP contribution in [0.3, 0.4) is 0 Å². The maximum atomic E-state index is 13.0. The number of anilines is 1. The Kier molecular flexibility index (Phi) is 4.41. The summed E-state index contributed by atoms with van der Waals surface area (Å²) in [6, 6.07) is 3.37. The van der Waals surface area contributed by atoms with Crippen LogP contribution < -0.4 is 10.6 Å². The van der Waals surface area contributed by atoms with Gasteiger partial charge in [0.05, 0.1) is 29.0 Å². The summed E-state index contributed by atoms with van der Waals surface area (Å²) in [7, 11) is 1.36. The first-order valence-electron chi connectivity index (χ1n) is 6.65. The van der Waals surface area contributed by atoms with Gasteiger partial charge in [-0.15, -0.1) is 0 Å². The van der Waals surface area contributed by atoms with Gasteiger partial charge in [0.1, 0.15) is 0 Å². The van der Waals surface area contributed by atoms with Gasteiger partial charge in [-0.2, -0.15) is 13.2 Å². The van der Waals surface area contributed by atoms with E-state index in [1.54, 1.807) is 0 Å². The second kappa shape index (κ2) is 5.93. The minimum atomic E-state index is -4.52. The lowest BCUT2D eigenvalue weighted by atomic mass is 10.0. The molecule has 21 heavy (non-hydrogen) atoms. The molecule has 1 amide bonds. The number of ether oxygens (including phenoxy) is 1. The van der Waals surface area contributed by atoms with E-state index in [-0.39, 0.29) is 23.4 Å². The Morgan fingerprint density at radius 1 is 1.38 bits per heavy atom. The minimum Gasteiger partial charge on any atom is -0.387 e. The Labute approximate surface area is 120 Å². The van der Waals surface area contributed by atoms with E-state index in [1.165, 1.54) is 19.2 Å². The van der Waals surface area contributed by atoms with Crippen LogP contribution in [0.2, 0.25) is 0 Å². The van der Waals surface area contributed by atoms with Gasteiger partial charge in [0.25, 0.3) is 5.91 Å². The molecule has 1 aliphatic rings. The number of benzene rings is 1. The fourth-order valence-corrected chi connectivity index (χ4v) is 2.41. The van der Waals surface area contributed by atoms with Gasteiger partial charge >= 0.3 is 6.18 Å². The Bertz CT molecular complexity index is 531. The summed E-state index contributed by atoms with van der Waals surface area (Å²) in [4.78, 5) is 12.2. The van der Waals surface area contributed by atoms with Crippen molar-refractivity contribution < 1.29 is 22.7 Å². The molecule has 1 aliphatic heterocycles. The van der Waals surface area contributed by atoms with Crippen molar-refractivity contribution >= 4 is 11.6 Å². The second-order valence-corrected chi connectivity index (χ2v) is 4.92. The quantitative estimate of drug-likeness (QED) is 0.902. The van der Waals surface area contributed by atoms with Gasteiger partial charge in [0.2, 0.25) is 0 Å². The number of carbonyl (C=O) groups excluding carboxylic acids is 1. The maximum Gasteiger partial charge on any atom is 0.418 e. The highest BCUT2D eigenvalue weighted by Gasteiger charge is 2.35. The van der Waals surface area contributed by atoms with Crippen LogP contribution in [0.15, 0.2) is 18.2 Å². The first kappa shape index (κ1) is 15.6. The zero-order chi connectivity index (χ0) is 15.6. The van der Waals surface area contributed by atoms with Gasteiger partial charge in [-0.3, -0.25) is 4.79 Å². The second-order valence-electron chi connectivity index (χ2n) is 4.92. The number of nitrogens with one attached hydrogen (secondary N) is 2. The number of alkyl halides is 3. The van der Waals surface area contributed by atoms with E-state index in [4.69, 9.17) is 4.74 Å². The molecule has 116 valence electrons. The molecule has 2 unspecified atom stereocenters. The molecule has 2 N–H and O–H groups in total. The molecule has 1 saturated heterocycles. The summed E-state index contributed by atoms with van der Waals surface area (Å²) >= 11 is 0. The predicted molar refractivity (Wildman–Crippen MR) is 72.3 cm³/mol. The third-order valence-electron chi connectivity index (χ3n) is 3.56. The summed E-state index contributed by atoms with van der Waals surface area (Å²) in [6.07, 6.45) is -4.00. The molecule has 2 atom stereocenters. The van der Waals surface area contributed by atoms with Crippen molar-refractivity contribution in [1.82, 2.24) is 5.32 Å². The number of amides is 1. The van der Waals surface area contributed by atoms with E-state index in [9.17, 15) is 18.0 Å². The van der Waals surface area contributed by atoms with Crippen LogP contribution in [0.5, 0.6) is 0 Å². The Balaban J connectivity index is 2.28. The number of hydrogen-bond donors (Lipinski definition) is 2. The first-order valence-corrected chi connectivity index (χ1v) is 6.65. The van der Waals surface area contributed by atoms with Crippen LogP contribution in [0.25, 0.3) is 0 Å². The van der Waals surface area contributed by atoms with Crippen molar-refractivity contribution in [2.24, 2.45) is 0 Å². The predicted octanol–water partition coefficient (Wildman–Crippen LogP) is 2.65. The van der Waals surface area contributed by atoms with Crippen LogP contribution in [0.4, 0.5) is 18.9 Å². The van der Waals surface area contributed by atoms with Gasteiger partial charge in [0.15, 0.2) is 0 Å². The summed E-state index contributed by atoms with van der Waals surface area (Å²) in [5.74, 6) is -0.534. The lowest BCUT2D eigenvalue weighted by molar-refractivity contribution is -0.136. The molecule has 1 fully saturated rings. The topological polar surface area (TPSA) is 50.4 Å². The van der Waals surface area contributed by atoms with Crippen molar-refractivity contribution in [3.63, 3.8) is 0 Å². The first-order chi connectivity index (χ1) is 9.84. The average molecular weight is 302 g/mol. The molecule has 1 aromatic carbocycles. The standard InChI is InChI=1S/C14H17F3N2O2/c1-8-11(6-7-21-8)19-13(20)9-4-3-5-10(12(9)18-2)14(15,16)17/h3-5,8,11,18H,6-7H2,1-2H3,(H,19,20). The lowest BCUT2D eigenvalue weighted by Crippen LogP contribution is -2.39. The van der Waals surface area contributed by atoms with Gasteiger partial charge in [-0.05, 0) is 25.5 Å². The number of rotatable bonds is 3. The fraction of sp³-hybridized carbons (Fsp3) is 0.500. The highest BCUT2D eigenvalue weighted by Crippen LogP contribution is 2.36. The molecule has 0 saturated carbocycles. The van der Waals surface area contributed by atoms with Crippen LogP contribution in [0, 0.1) is 0 Å². The molecule has 0 spiro atoms. The summed E-state index contributed by atoms with van der Waals surface area (Å²) in [5.41, 5.74) is -1.09. The monoisotopic (exact) mass is 302 g/mol. The lowest BCUT2D eigenvalue weighted by Gasteiger charge is -2.19. The van der Waals surface area contributed by atoms with Crippen LogP contribution in [-0.4, -0.2) is 31.7 Å². The van der Waals surface area contributed by atoms with E-state index < -0.39 is 17.6 Å². The van der Waals surface area contributed by atoms with Crippen LogP contribution in [-0.2, 0) is 10.9 Å². The number of para-hydroxylation sites is 1. The summed E-state index contributed by atoms with van der Waals surface area (Å²) < 4.78 is 44.2. The van der Waals surface area contributed by atoms with Gasteiger partial charge in [0, 0.05) is 13.7 Å². The van der Waals surface area contributed by atoms with Gasteiger partial charge in [-0.1, -0.05) is 6.07 Å². The fourth-order valence-electron chi connectivity index (χ4n) is 2.41. The average Bonchev–Trinajstić information content (AvgIpc) is 2.82. The molecule has 7 heteroatoms. The SMILES string of the molecule is CNc1c(C(=O)NC2CCOC2C)cccc1C(F)(F)F. The highest BCUT2D eigenvalue weighted by atomic mass is 19.4. The Morgan fingerprint density at radius 3 is 2.62 bits per heavy atom. The molecule has 0 aliphatic carbocycles. The molecule has 1 heterocycles. The summed E-state index contributed by atoms with van der Waals surface area (Å²) in [5, 5.41) is 5.20. The van der Waals surface area contributed by atoms with Crippen LogP contribution >= 0.6 is 0 Å². The van der Waals surface area contributed by atoms with Crippen molar-refractivity contribution in [3.05, 3.63) is 29.3 Å². The molecule has 0 aromatic heterocycles. The number of halogens is 3. The molecule has 1 aromatic rings. The zero-order valence-corrected chi connectivity index (χ0v) is 11.8. The van der Waals surface area contributed by atoms with Crippen molar-refractivity contribution in [1.29, 1.82) is 0 Å². The van der Waals surface area contributed by atoms with E-state index in [0.717, 1.165) is 6.07 Å². The largest absolute Gasteiger partial charge is 0.418 e. The zero-order valence-electron chi connectivity index (χ0n) is 11.8. The Morgan fingerprint density at radius 2 is 2.10 bits per heavy atom. The third kappa shape index (κ3) is 3.29. The molecule has 4 nitrogen and oxygen atoms in total. The van der Waals surface area contributed by atoms with E-state index >= 15 is 0 Å². The third-order valence-corrected chi connectivity index (χ3v) is 3.56. The minimum absolute atomic E-state index is 0.0218. The Hall–Kier alpha value is -1.76. The van der Waals surface area contributed by atoms with Gasteiger partial charge < -0.3 is 15.4 Å². The smallest absolute Gasteiger partial charge is 0.387 e.